The molecule has 0 saturated heterocycles. The highest BCUT2D eigenvalue weighted by Crippen LogP contribution is 2.29. The number of amides is 1. The smallest absolute Gasteiger partial charge is 0.222 e. The molecule has 3 rings (SSSR count). The predicted molar refractivity (Wildman–Crippen MR) is 131 cm³/mol. The van der Waals surface area contributed by atoms with Gasteiger partial charge in [0, 0.05) is 37.8 Å². The van der Waals surface area contributed by atoms with Crippen LogP contribution < -0.4 is 9.47 Å². The van der Waals surface area contributed by atoms with Gasteiger partial charge >= 0.3 is 0 Å². The van der Waals surface area contributed by atoms with E-state index in [2.05, 4.69) is 11.9 Å². The fourth-order valence-corrected chi connectivity index (χ4v) is 3.66. The molecule has 0 spiro atoms. The largest absolute Gasteiger partial charge is 0.493 e. The minimum atomic E-state index is 0.183. The molecule has 2 aromatic carbocycles. The number of rotatable bonds is 13. The Morgan fingerprint density at radius 3 is 2.48 bits per heavy atom. The van der Waals surface area contributed by atoms with Gasteiger partial charge in [0.25, 0.3) is 0 Å². The second kappa shape index (κ2) is 13.3. The number of unbranched alkanes of at least 4 members (excludes halogenated alkanes) is 2. The summed E-state index contributed by atoms with van der Waals surface area (Å²) in [7, 11) is 1.64. The minimum absolute atomic E-state index is 0.183. The molecule has 0 aliphatic heterocycles. The van der Waals surface area contributed by atoms with Crippen molar-refractivity contribution in [2.24, 2.45) is 0 Å². The SMILES string of the molecule is CCCCCC(=O)N(CCc1ccccn1)Cc1ccc(OCc2ccccc2)c(OC)c1. The first-order chi connectivity index (χ1) is 16.2. The predicted octanol–water partition coefficient (Wildman–Crippen LogP) is 5.82. The van der Waals surface area contributed by atoms with Crippen LogP contribution in [0.1, 0.15) is 49.4 Å². The summed E-state index contributed by atoms with van der Waals surface area (Å²) in [6, 6.07) is 21.8. The molecule has 1 heterocycles. The lowest BCUT2D eigenvalue weighted by Gasteiger charge is -2.23. The van der Waals surface area contributed by atoms with Crippen LogP contribution in [0.5, 0.6) is 11.5 Å². The fourth-order valence-electron chi connectivity index (χ4n) is 3.66. The average molecular weight is 447 g/mol. The average Bonchev–Trinajstić information content (AvgIpc) is 2.86. The molecule has 174 valence electrons. The van der Waals surface area contributed by atoms with Gasteiger partial charge in [0.1, 0.15) is 6.61 Å². The lowest BCUT2D eigenvalue weighted by atomic mass is 10.1. The second-order valence-corrected chi connectivity index (χ2v) is 8.10. The third-order valence-corrected chi connectivity index (χ3v) is 5.55. The van der Waals surface area contributed by atoms with E-state index < -0.39 is 0 Å². The van der Waals surface area contributed by atoms with E-state index in [1.54, 1.807) is 13.3 Å². The zero-order valence-electron chi connectivity index (χ0n) is 19.7. The summed E-state index contributed by atoms with van der Waals surface area (Å²) >= 11 is 0. The van der Waals surface area contributed by atoms with Gasteiger partial charge in [0.15, 0.2) is 11.5 Å². The van der Waals surface area contributed by atoms with Crippen LogP contribution in [0, 0.1) is 0 Å². The maximum Gasteiger partial charge on any atom is 0.222 e. The van der Waals surface area contributed by atoms with Gasteiger partial charge in [-0.05, 0) is 41.8 Å². The molecule has 0 bridgehead atoms. The third kappa shape index (κ3) is 7.94. The summed E-state index contributed by atoms with van der Waals surface area (Å²) in [4.78, 5) is 19.3. The topological polar surface area (TPSA) is 51.7 Å². The molecular formula is C28H34N2O3. The standard InChI is InChI=1S/C28H34N2O3/c1-3-4-6-14-28(31)30(19-17-25-13-9-10-18-29-25)21-24-15-16-26(27(20-24)32-2)33-22-23-11-7-5-8-12-23/h5,7-13,15-16,18,20H,3-4,6,14,17,19,21-22H2,1-2H3. The van der Waals surface area contributed by atoms with Gasteiger partial charge in [-0.1, -0.05) is 62.2 Å². The quantitative estimate of drug-likeness (QED) is 0.310. The first-order valence-electron chi connectivity index (χ1n) is 11.7. The molecular weight excluding hydrogens is 412 g/mol. The summed E-state index contributed by atoms with van der Waals surface area (Å²) in [6.45, 7) is 3.79. The van der Waals surface area contributed by atoms with Crippen LogP contribution in [-0.4, -0.2) is 29.4 Å². The van der Waals surface area contributed by atoms with Crippen molar-refractivity contribution in [1.82, 2.24) is 9.88 Å². The van der Waals surface area contributed by atoms with Crippen LogP contribution in [0.2, 0.25) is 0 Å². The van der Waals surface area contributed by atoms with Gasteiger partial charge < -0.3 is 14.4 Å². The maximum absolute atomic E-state index is 13.0. The lowest BCUT2D eigenvalue weighted by Crippen LogP contribution is -2.32. The Morgan fingerprint density at radius 1 is 0.939 bits per heavy atom. The van der Waals surface area contributed by atoms with Gasteiger partial charge in [-0.2, -0.15) is 0 Å². The van der Waals surface area contributed by atoms with E-state index >= 15 is 0 Å². The van der Waals surface area contributed by atoms with Crippen molar-refractivity contribution in [3.8, 4) is 11.5 Å². The summed E-state index contributed by atoms with van der Waals surface area (Å²) in [5.41, 5.74) is 3.11. The number of hydrogen-bond donors (Lipinski definition) is 0. The van der Waals surface area contributed by atoms with Crippen LogP contribution in [0.25, 0.3) is 0 Å². The maximum atomic E-state index is 13.0. The fraction of sp³-hybridized carbons (Fsp3) is 0.357. The molecule has 0 fully saturated rings. The Labute approximate surface area is 197 Å². The number of methoxy groups -OCH3 is 1. The molecule has 1 aromatic heterocycles. The molecule has 33 heavy (non-hydrogen) atoms. The van der Waals surface area contributed by atoms with Crippen molar-refractivity contribution in [2.45, 2.75) is 52.2 Å². The number of carbonyl (C=O) groups is 1. The minimum Gasteiger partial charge on any atom is -0.493 e. The summed E-state index contributed by atoms with van der Waals surface area (Å²) in [5.74, 6) is 1.55. The van der Waals surface area contributed by atoms with E-state index in [-0.39, 0.29) is 5.91 Å². The monoisotopic (exact) mass is 446 g/mol. The van der Waals surface area contributed by atoms with Crippen LogP contribution in [0.3, 0.4) is 0 Å². The van der Waals surface area contributed by atoms with Crippen molar-refractivity contribution in [2.75, 3.05) is 13.7 Å². The summed E-state index contributed by atoms with van der Waals surface area (Å²) < 4.78 is 11.6. The number of benzene rings is 2. The summed E-state index contributed by atoms with van der Waals surface area (Å²) in [6.07, 6.45) is 6.19. The molecule has 0 saturated carbocycles. The molecule has 0 N–H and O–H groups in total. The number of ether oxygens (including phenoxy) is 2. The molecule has 0 radical (unpaired) electrons. The van der Waals surface area contributed by atoms with Crippen LogP contribution in [0.15, 0.2) is 72.9 Å². The van der Waals surface area contributed by atoms with Crippen molar-refractivity contribution in [1.29, 1.82) is 0 Å². The van der Waals surface area contributed by atoms with E-state index in [0.717, 1.165) is 42.5 Å². The Morgan fingerprint density at radius 2 is 1.76 bits per heavy atom. The van der Waals surface area contributed by atoms with Gasteiger partial charge in [-0.25, -0.2) is 0 Å². The van der Waals surface area contributed by atoms with Gasteiger partial charge in [0.2, 0.25) is 5.91 Å². The Kier molecular flexibility index (Phi) is 9.77. The Hall–Kier alpha value is -3.34. The number of hydrogen-bond acceptors (Lipinski definition) is 4. The third-order valence-electron chi connectivity index (χ3n) is 5.55. The van der Waals surface area contributed by atoms with E-state index in [1.807, 2.05) is 71.6 Å². The highest BCUT2D eigenvalue weighted by atomic mass is 16.5. The van der Waals surface area contributed by atoms with Crippen molar-refractivity contribution in [3.05, 3.63) is 89.7 Å². The van der Waals surface area contributed by atoms with Gasteiger partial charge in [-0.15, -0.1) is 0 Å². The highest BCUT2D eigenvalue weighted by Gasteiger charge is 2.16. The first-order valence-corrected chi connectivity index (χ1v) is 11.7. The zero-order valence-corrected chi connectivity index (χ0v) is 19.7. The van der Waals surface area contributed by atoms with Gasteiger partial charge in [0.05, 0.1) is 7.11 Å². The molecule has 5 nitrogen and oxygen atoms in total. The molecule has 0 aliphatic rings. The van der Waals surface area contributed by atoms with E-state index in [0.29, 0.717) is 37.6 Å². The first kappa shape index (κ1) is 24.3. The Balaban J connectivity index is 1.68. The van der Waals surface area contributed by atoms with E-state index in [4.69, 9.17) is 9.47 Å². The molecule has 3 aromatic rings. The lowest BCUT2D eigenvalue weighted by molar-refractivity contribution is -0.131. The second-order valence-electron chi connectivity index (χ2n) is 8.10. The van der Waals surface area contributed by atoms with Crippen molar-refractivity contribution in [3.63, 3.8) is 0 Å². The number of carbonyl (C=O) groups excluding carboxylic acids is 1. The zero-order chi connectivity index (χ0) is 23.3. The number of aromatic nitrogens is 1. The van der Waals surface area contributed by atoms with E-state index in [9.17, 15) is 4.79 Å². The molecule has 0 aliphatic carbocycles. The normalized spacial score (nSPS) is 10.6. The molecule has 0 unspecified atom stereocenters. The van der Waals surface area contributed by atoms with Gasteiger partial charge in [-0.3, -0.25) is 9.78 Å². The summed E-state index contributed by atoms with van der Waals surface area (Å²) in [5, 5.41) is 0. The van der Waals surface area contributed by atoms with Crippen LogP contribution >= 0.6 is 0 Å². The van der Waals surface area contributed by atoms with Crippen molar-refractivity contribution < 1.29 is 14.3 Å². The van der Waals surface area contributed by atoms with Crippen molar-refractivity contribution >= 4 is 5.91 Å². The highest BCUT2D eigenvalue weighted by molar-refractivity contribution is 5.76. The molecule has 5 heteroatoms. The molecule has 0 atom stereocenters. The Bertz CT molecular complexity index is 977. The number of pyridine rings is 1. The van der Waals surface area contributed by atoms with E-state index in [1.165, 1.54) is 0 Å². The molecule has 1 amide bonds. The van der Waals surface area contributed by atoms with Crippen LogP contribution in [-0.2, 0) is 24.4 Å². The number of nitrogens with zero attached hydrogens (tertiary/aromatic N) is 2. The van der Waals surface area contributed by atoms with Crippen LogP contribution in [0.4, 0.5) is 0 Å².